The summed E-state index contributed by atoms with van der Waals surface area (Å²) in [4.78, 5) is 11.3. The molecule has 2 aromatic rings. The van der Waals surface area contributed by atoms with Gasteiger partial charge in [0.15, 0.2) is 0 Å². The van der Waals surface area contributed by atoms with Crippen LogP contribution in [0.15, 0.2) is 48.5 Å². The maximum Gasteiger partial charge on any atom is 0.242 e. The van der Waals surface area contributed by atoms with E-state index in [0.29, 0.717) is 5.56 Å². The topological polar surface area (TPSA) is 29.1 Å². The van der Waals surface area contributed by atoms with Crippen molar-refractivity contribution in [3.05, 3.63) is 65.7 Å². The Labute approximate surface area is 117 Å². The number of para-hydroxylation sites is 1. The summed E-state index contributed by atoms with van der Waals surface area (Å²) in [7, 11) is 0. The molecule has 0 spiro atoms. The van der Waals surface area contributed by atoms with E-state index in [1.165, 1.54) is 6.07 Å². The van der Waals surface area contributed by atoms with Gasteiger partial charge in [0.1, 0.15) is 22.1 Å². The van der Waals surface area contributed by atoms with E-state index in [0.717, 1.165) is 12.1 Å². The Morgan fingerprint density at radius 3 is 2.16 bits per heavy atom. The molecule has 0 aliphatic carbocycles. The summed E-state index contributed by atoms with van der Waals surface area (Å²) < 4.78 is 26.8. The van der Waals surface area contributed by atoms with E-state index in [1.807, 2.05) is 6.07 Å². The van der Waals surface area contributed by atoms with Gasteiger partial charge < -0.3 is 5.32 Å². The molecule has 2 aromatic carbocycles. The third kappa shape index (κ3) is 3.17. The molecule has 1 atom stereocenters. The predicted molar refractivity (Wildman–Crippen MR) is 73.1 cm³/mol. The van der Waals surface area contributed by atoms with Gasteiger partial charge in [0.25, 0.3) is 0 Å². The number of amides is 1. The van der Waals surface area contributed by atoms with E-state index in [1.54, 1.807) is 24.3 Å². The zero-order valence-electron chi connectivity index (χ0n) is 9.74. The van der Waals surface area contributed by atoms with Crippen LogP contribution in [0.5, 0.6) is 0 Å². The number of carbonyl (C=O) groups excluding carboxylic acids is 1. The van der Waals surface area contributed by atoms with E-state index in [9.17, 15) is 13.6 Å². The highest BCUT2D eigenvalue weighted by molar-refractivity contribution is 9.09. The van der Waals surface area contributed by atoms with Crippen LogP contribution in [-0.4, -0.2) is 5.91 Å². The van der Waals surface area contributed by atoms with E-state index in [4.69, 9.17) is 0 Å². The fraction of sp³-hybridized carbons (Fsp3) is 0.0714. The van der Waals surface area contributed by atoms with E-state index in [2.05, 4.69) is 21.2 Å². The van der Waals surface area contributed by atoms with E-state index in [-0.39, 0.29) is 0 Å². The largest absolute Gasteiger partial charge is 0.320 e. The van der Waals surface area contributed by atoms with Crippen LogP contribution in [0.3, 0.4) is 0 Å². The Balaban J connectivity index is 2.18. The lowest BCUT2D eigenvalue weighted by Crippen LogP contribution is -2.18. The summed E-state index contributed by atoms with van der Waals surface area (Å²) in [5.41, 5.74) is 0.268. The van der Waals surface area contributed by atoms with Crippen molar-refractivity contribution in [2.24, 2.45) is 0 Å². The maximum atomic E-state index is 13.4. The number of benzene rings is 2. The molecule has 0 saturated carbocycles. The van der Waals surface area contributed by atoms with Gasteiger partial charge in [-0.05, 0) is 17.7 Å². The van der Waals surface area contributed by atoms with Crippen molar-refractivity contribution in [3.63, 3.8) is 0 Å². The summed E-state index contributed by atoms with van der Waals surface area (Å²) in [5, 5.41) is 2.24. The molecule has 1 N–H and O–H groups in total. The molecule has 0 aliphatic rings. The van der Waals surface area contributed by atoms with Crippen molar-refractivity contribution < 1.29 is 13.6 Å². The van der Waals surface area contributed by atoms with Crippen LogP contribution < -0.4 is 5.32 Å². The highest BCUT2D eigenvalue weighted by atomic mass is 79.9. The first-order valence-corrected chi connectivity index (χ1v) is 6.45. The zero-order chi connectivity index (χ0) is 13.8. The molecule has 0 aliphatic heterocycles. The number of rotatable bonds is 3. The molecule has 0 fully saturated rings. The van der Waals surface area contributed by atoms with Crippen LogP contribution in [0.2, 0.25) is 0 Å². The second kappa shape index (κ2) is 5.93. The molecule has 1 amide bonds. The molecular weight excluding hydrogens is 316 g/mol. The number of hydrogen-bond donors (Lipinski definition) is 1. The van der Waals surface area contributed by atoms with Crippen LogP contribution in [0.1, 0.15) is 10.4 Å². The first-order chi connectivity index (χ1) is 9.09. The molecule has 0 radical (unpaired) electrons. The van der Waals surface area contributed by atoms with Crippen LogP contribution >= 0.6 is 15.9 Å². The van der Waals surface area contributed by atoms with Crippen molar-refractivity contribution in [1.29, 1.82) is 0 Å². The molecule has 0 aromatic heterocycles. The normalized spacial score (nSPS) is 11.9. The third-order valence-electron chi connectivity index (χ3n) is 2.53. The minimum Gasteiger partial charge on any atom is -0.320 e. The van der Waals surface area contributed by atoms with Gasteiger partial charge in [0, 0.05) is 0 Å². The summed E-state index contributed by atoms with van der Waals surface area (Å²) >= 11 is 3.20. The number of carbonyl (C=O) groups is 1. The van der Waals surface area contributed by atoms with Crippen molar-refractivity contribution in [2.75, 3.05) is 5.32 Å². The molecule has 2 nitrogen and oxygen atoms in total. The van der Waals surface area contributed by atoms with Gasteiger partial charge in [-0.15, -0.1) is 0 Å². The molecule has 1 unspecified atom stereocenters. The lowest BCUT2D eigenvalue weighted by molar-refractivity contribution is -0.115. The van der Waals surface area contributed by atoms with Gasteiger partial charge in [-0.25, -0.2) is 8.78 Å². The molecular formula is C14H10BrF2NO. The number of hydrogen-bond acceptors (Lipinski definition) is 1. The Bertz CT molecular complexity index is 569. The number of nitrogens with one attached hydrogen (secondary N) is 1. The van der Waals surface area contributed by atoms with Crippen LogP contribution in [-0.2, 0) is 4.79 Å². The lowest BCUT2D eigenvalue weighted by atomic mass is 10.1. The van der Waals surface area contributed by atoms with Gasteiger partial charge in [-0.1, -0.05) is 52.3 Å². The predicted octanol–water partition coefficient (Wildman–Crippen LogP) is 4.04. The quantitative estimate of drug-likeness (QED) is 0.848. The molecule has 19 heavy (non-hydrogen) atoms. The van der Waals surface area contributed by atoms with Gasteiger partial charge in [0.05, 0.1) is 0 Å². The second-order valence-electron chi connectivity index (χ2n) is 3.86. The number of halogens is 3. The number of alkyl halides is 1. The monoisotopic (exact) mass is 325 g/mol. The average Bonchev–Trinajstić information content (AvgIpc) is 2.43. The summed E-state index contributed by atoms with van der Waals surface area (Å²) in [6.07, 6.45) is 0. The Kier molecular flexibility index (Phi) is 4.27. The molecule has 2 rings (SSSR count). The third-order valence-corrected chi connectivity index (χ3v) is 3.48. The van der Waals surface area contributed by atoms with E-state index >= 15 is 0 Å². The van der Waals surface area contributed by atoms with Crippen LogP contribution in [0, 0.1) is 11.6 Å². The molecule has 98 valence electrons. The van der Waals surface area contributed by atoms with Gasteiger partial charge in [0.2, 0.25) is 5.91 Å². The number of anilines is 1. The average molecular weight is 326 g/mol. The summed E-state index contributed by atoms with van der Waals surface area (Å²) in [5.74, 6) is -2.14. The van der Waals surface area contributed by atoms with Crippen molar-refractivity contribution in [3.8, 4) is 0 Å². The fourth-order valence-corrected chi connectivity index (χ4v) is 2.00. The second-order valence-corrected chi connectivity index (χ2v) is 4.77. The Hall–Kier alpha value is -1.75. The fourth-order valence-electron chi connectivity index (χ4n) is 1.58. The summed E-state index contributed by atoms with van der Waals surface area (Å²) in [6.45, 7) is 0. The van der Waals surface area contributed by atoms with Crippen molar-refractivity contribution in [2.45, 2.75) is 4.83 Å². The van der Waals surface area contributed by atoms with E-state index < -0.39 is 28.1 Å². The molecule has 0 bridgehead atoms. The van der Waals surface area contributed by atoms with Crippen LogP contribution in [0.25, 0.3) is 0 Å². The molecule has 0 saturated heterocycles. The summed E-state index contributed by atoms with van der Waals surface area (Å²) in [6, 6.07) is 12.3. The van der Waals surface area contributed by atoms with Gasteiger partial charge in [-0.3, -0.25) is 4.79 Å². The van der Waals surface area contributed by atoms with Gasteiger partial charge in [-0.2, -0.15) is 0 Å². The Morgan fingerprint density at radius 2 is 1.58 bits per heavy atom. The smallest absolute Gasteiger partial charge is 0.242 e. The first kappa shape index (κ1) is 13.7. The minimum absolute atomic E-state index is 0.437. The lowest BCUT2D eigenvalue weighted by Gasteiger charge is -2.12. The zero-order valence-corrected chi connectivity index (χ0v) is 11.3. The first-order valence-electron chi connectivity index (χ1n) is 5.53. The SMILES string of the molecule is O=C(Nc1c(F)cccc1F)C(Br)c1ccccc1. The van der Waals surface area contributed by atoms with Gasteiger partial charge >= 0.3 is 0 Å². The molecule has 0 heterocycles. The minimum atomic E-state index is -0.805. The highest BCUT2D eigenvalue weighted by Gasteiger charge is 2.19. The highest BCUT2D eigenvalue weighted by Crippen LogP contribution is 2.26. The maximum absolute atomic E-state index is 13.4. The molecule has 5 heteroatoms. The Morgan fingerprint density at radius 1 is 1.00 bits per heavy atom. The van der Waals surface area contributed by atoms with Crippen molar-refractivity contribution >= 4 is 27.5 Å². The van der Waals surface area contributed by atoms with Crippen molar-refractivity contribution in [1.82, 2.24) is 0 Å². The van der Waals surface area contributed by atoms with Crippen LogP contribution in [0.4, 0.5) is 14.5 Å². The standard InChI is InChI=1S/C14H10BrF2NO/c15-12(9-5-2-1-3-6-9)14(19)18-13-10(16)7-4-8-11(13)17/h1-8,12H,(H,18,19).